The fourth-order valence-electron chi connectivity index (χ4n) is 2.01. The van der Waals surface area contributed by atoms with Crippen molar-refractivity contribution in [3.05, 3.63) is 33.9 Å². The standard InChI is InChI=1S/C14H17N5O4/c1-8-7-12(21)17-14(15-8)19-10(6-9(2)18-19)16-11(20)4-3-5-13(22)23/h6-7H,3-5H2,1-2H3,(H,16,20)(H,22,23)(H,15,17,21)/p-1. The molecule has 0 spiro atoms. The Bertz CT molecular complexity index is 793. The third kappa shape index (κ3) is 4.50. The van der Waals surface area contributed by atoms with Gasteiger partial charge in [0.1, 0.15) is 5.82 Å². The van der Waals surface area contributed by atoms with Gasteiger partial charge < -0.3 is 15.2 Å². The van der Waals surface area contributed by atoms with Gasteiger partial charge >= 0.3 is 0 Å². The van der Waals surface area contributed by atoms with Crippen molar-refractivity contribution in [3.63, 3.8) is 0 Å². The smallest absolute Gasteiger partial charge is 0.252 e. The lowest BCUT2D eigenvalue weighted by molar-refractivity contribution is -0.305. The van der Waals surface area contributed by atoms with Crippen LogP contribution in [0.4, 0.5) is 5.82 Å². The number of hydrogen-bond donors (Lipinski definition) is 2. The van der Waals surface area contributed by atoms with Gasteiger partial charge in [-0.3, -0.25) is 14.6 Å². The van der Waals surface area contributed by atoms with E-state index in [0.717, 1.165) is 0 Å². The molecule has 2 aromatic heterocycles. The molecule has 0 saturated carbocycles. The average Bonchev–Trinajstić information content (AvgIpc) is 2.78. The zero-order valence-corrected chi connectivity index (χ0v) is 12.8. The minimum absolute atomic E-state index is 0.0377. The molecule has 0 atom stereocenters. The van der Waals surface area contributed by atoms with E-state index in [4.69, 9.17) is 0 Å². The van der Waals surface area contributed by atoms with E-state index in [2.05, 4.69) is 20.4 Å². The van der Waals surface area contributed by atoms with Crippen molar-refractivity contribution in [2.75, 3.05) is 5.32 Å². The number of aromatic nitrogens is 4. The molecule has 2 heterocycles. The average molecular weight is 318 g/mol. The molecule has 9 nitrogen and oxygen atoms in total. The first kappa shape index (κ1) is 16.4. The number of nitrogens with zero attached hydrogens (tertiary/aromatic N) is 3. The predicted molar refractivity (Wildman–Crippen MR) is 78.9 cm³/mol. The van der Waals surface area contributed by atoms with Crippen molar-refractivity contribution >= 4 is 17.7 Å². The van der Waals surface area contributed by atoms with Gasteiger partial charge in [0.2, 0.25) is 11.9 Å². The van der Waals surface area contributed by atoms with Crippen LogP contribution in [0, 0.1) is 13.8 Å². The van der Waals surface area contributed by atoms with Gasteiger partial charge in [-0.1, -0.05) is 0 Å². The number of carboxylic acids is 1. The fraction of sp³-hybridized carbons (Fsp3) is 0.357. The molecule has 2 rings (SSSR count). The maximum atomic E-state index is 11.9. The summed E-state index contributed by atoms with van der Waals surface area (Å²) in [5.41, 5.74) is 0.814. The van der Waals surface area contributed by atoms with Gasteiger partial charge in [-0.15, -0.1) is 0 Å². The molecule has 122 valence electrons. The molecule has 0 aliphatic carbocycles. The number of hydrogen-bond acceptors (Lipinski definition) is 6. The van der Waals surface area contributed by atoms with E-state index in [9.17, 15) is 19.5 Å². The summed E-state index contributed by atoms with van der Waals surface area (Å²) in [7, 11) is 0. The van der Waals surface area contributed by atoms with Gasteiger partial charge in [-0.25, -0.2) is 4.98 Å². The lowest BCUT2D eigenvalue weighted by Gasteiger charge is -2.08. The number of carbonyl (C=O) groups excluding carboxylic acids is 2. The van der Waals surface area contributed by atoms with Crippen molar-refractivity contribution in [1.82, 2.24) is 19.7 Å². The van der Waals surface area contributed by atoms with Gasteiger partial charge in [-0.2, -0.15) is 9.78 Å². The van der Waals surface area contributed by atoms with Crippen LogP contribution in [0.1, 0.15) is 30.7 Å². The van der Waals surface area contributed by atoms with E-state index in [1.165, 1.54) is 10.7 Å². The highest BCUT2D eigenvalue weighted by atomic mass is 16.4. The van der Waals surface area contributed by atoms with Crippen LogP contribution in [0.15, 0.2) is 16.9 Å². The number of aromatic amines is 1. The maximum absolute atomic E-state index is 11.9. The van der Waals surface area contributed by atoms with Crippen molar-refractivity contribution in [1.29, 1.82) is 0 Å². The number of aryl methyl sites for hydroxylation is 2. The number of nitrogens with one attached hydrogen (secondary N) is 2. The van der Waals surface area contributed by atoms with Crippen molar-refractivity contribution in [3.8, 4) is 5.95 Å². The molecule has 23 heavy (non-hydrogen) atoms. The zero-order chi connectivity index (χ0) is 17.0. The Kier molecular flexibility index (Phi) is 4.89. The van der Waals surface area contributed by atoms with Crippen LogP contribution >= 0.6 is 0 Å². The molecule has 9 heteroatoms. The van der Waals surface area contributed by atoms with Crippen LogP contribution in [0.3, 0.4) is 0 Å². The van der Waals surface area contributed by atoms with Crippen molar-refractivity contribution in [2.24, 2.45) is 0 Å². The lowest BCUT2D eigenvalue weighted by Crippen LogP contribution is -2.23. The summed E-state index contributed by atoms with van der Waals surface area (Å²) < 4.78 is 1.32. The zero-order valence-electron chi connectivity index (χ0n) is 12.8. The number of rotatable bonds is 6. The summed E-state index contributed by atoms with van der Waals surface area (Å²) in [4.78, 5) is 40.5. The molecule has 0 aliphatic rings. The molecule has 1 amide bonds. The first-order chi connectivity index (χ1) is 10.8. The molecule has 0 unspecified atom stereocenters. The Morgan fingerprint density at radius 3 is 2.65 bits per heavy atom. The molecule has 2 aromatic rings. The molecule has 0 aliphatic heterocycles. The first-order valence-corrected chi connectivity index (χ1v) is 7.00. The van der Waals surface area contributed by atoms with Crippen LogP contribution in [-0.2, 0) is 9.59 Å². The largest absolute Gasteiger partial charge is 0.550 e. The molecular weight excluding hydrogens is 302 g/mol. The summed E-state index contributed by atoms with van der Waals surface area (Å²) in [5, 5.41) is 17.2. The molecular formula is C14H16N5O4-. The Morgan fingerprint density at radius 1 is 1.26 bits per heavy atom. The van der Waals surface area contributed by atoms with Gasteiger partial charge in [0, 0.05) is 30.2 Å². The molecule has 0 radical (unpaired) electrons. The minimum atomic E-state index is -1.19. The second kappa shape index (κ2) is 6.86. The summed E-state index contributed by atoms with van der Waals surface area (Å²) >= 11 is 0. The number of carbonyl (C=O) groups is 2. The topological polar surface area (TPSA) is 133 Å². The SMILES string of the molecule is Cc1cc(=O)[nH]c(-n2nc(C)cc2NC(=O)CCCC(=O)[O-])n1. The summed E-state index contributed by atoms with van der Waals surface area (Å²) in [6.45, 7) is 3.41. The second-order valence-corrected chi connectivity index (χ2v) is 5.07. The van der Waals surface area contributed by atoms with E-state index >= 15 is 0 Å². The van der Waals surface area contributed by atoms with Crippen LogP contribution in [-0.4, -0.2) is 31.6 Å². The minimum Gasteiger partial charge on any atom is -0.550 e. The van der Waals surface area contributed by atoms with Gasteiger partial charge in [0.15, 0.2) is 0 Å². The quantitative estimate of drug-likeness (QED) is 0.733. The third-order valence-corrected chi connectivity index (χ3v) is 2.94. The Labute approximate surface area is 131 Å². The monoisotopic (exact) mass is 318 g/mol. The number of anilines is 1. The van der Waals surface area contributed by atoms with Crippen LogP contribution in [0.5, 0.6) is 0 Å². The molecule has 0 fully saturated rings. The Hall–Kier alpha value is -2.97. The third-order valence-electron chi connectivity index (χ3n) is 2.94. The van der Waals surface area contributed by atoms with Gasteiger partial charge in [0.05, 0.1) is 5.69 Å². The highest BCUT2D eigenvalue weighted by Gasteiger charge is 2.13. The molecule has 0 bridgehead atoms. The fourth-order valence-corrected chi connectivity index (χ4v) is 2.01. The number of H-pyrrole nitrogens is 1. The summed E-state index contributed by atoms with van der Waals surface area (Å²) in [5.74, 6) is -1.02. The highest BCUT2D eigenvalue weighted by Crippen LogP contribution is 2.14. The van der Waals surface area contributed by atoms with Gasteiger partial charge in [-0.05, 0) is 26.7 Å². The van der Waals surface area contributed by atoms with E-state index in [1.807, 2.05) is 0 Å². The second-order valence-electron chi connectivity index (χ2n) is 5.07. The van der Waals surface area contributed by atoms with E-state index in [-0.39, 0.29) is 36.7 Å². The number of aliphatic carboxylic acids is 1. The van der Waals surface area contributed by atoms with Crippen LogP contribution in [0.25, 0.3) is 5.95 Å². The van der Waals surface area contributed by atoms with Crippen LogP contribution < -0.4 is 16.0 Å². The number of amides is 1. The Morgan fingerprint density at radius 2 is 2.00 bits per heavy atom. The maximum Gasteiger partial charge on any atom is 0.252 e. The summed E-state index contributed by atoms with van der Waals surface area (Å²) in [6, 6.07) is 2.97. The molecule has 0 saturated heterocycles. The van der Waals surface area contributed by atoms with E-state index in [0.29, 0.717) is 17.2 Å². The Balaban J connectivity index is 2.19. The predicted octanol–water partition coefficient (Wildman–Crippen LogP) is -0.569. The van der Waals surface area contributed by atoms with Gasteiger partial charge in [0.25, 0.3) is 5.56 Å². The van der Waals surface area contributed by atoms with E-state index < -0.39 is 5.97 Å². The normalized spacial score (nSPS) is 10.5. The van der Waals surface area contributed by atoms with Crippen LogP contribution in [0.2, 0.25) is 0 Å². The molecule has 0 aromatic carbocycles. The lowest BCUT2D eigenvalue weighted by atomic mass is 10.2. The van der Waals surface area contributed by atoms with Crippen molar-refractivity contribution in [2.45, 2.75) is 33.1 Å². The first-order valence-electron chi connectivity index (χ1n) is 7.00. The summed E-state index contributed by atoms with van der Waals surface area (Å²) in [6.07, 6.45) is 0.0370. The van der Waals surface area contributed by atoms with Crippen molar-refractivity contribution < 1.29 is 14.7 Å². The van der Waals surface area contributed by atoms with E-state index in [1.54, 1.807) is 19.9 Å². The molecule has 2 N–H and O–H groups in total. The highest BCUT2D eigenvalue weighted by molar-refractivity contribution is 5.90. The number of carboxylic acid groups (broad SMARTS) is 1.